The second-order valence-corrected chi connectivity index (χ2v) is 4.06. The van der Waals surface area contributed by atoms with E-state index in [2.05, 4.69) is 0 Å². The minimum atomic E-state index is -0.442. The molecule has 2 aromatic rings. The standard InChI is InChI=1S/C15H15O/c1-15(12-16,13-8-4-2-5-9-13)14-10-6-3-7-11-14/h2-12,16H,1H3. The molecule has 0 atom stereocenters. The lowest BCUT2D eigenvalue weighted by molar-refractivity contribution is 0.320. The Bertz CT molecular complexity index is 394. The quantitative estimate of drug-likeness (QED) is 0.823. The number of benzene rings is 2. The van der Waals surface area contributed by atoms with Gasteiger partial charge in [-0.25, -0.2) is 0 Å². The zero-order valence-corrected chi connectivity index (χ0v) is 9.30. The minimum absolute atomic E-state index is 0.442. The number of aliphatic hydroxyl groups is 1. The van der Waals surface area contributed by atoms with Crippen molar-refractivity contribution in [1.29, 1.82) is 0 Å². The molecule has 0 unspecified atom stereocenters. The molecule has 0 aromatic heterocycles. The van der Waals surface area contributed by atoms with Crippen LogP contribution in [0.25, 0.3) is 0 Å². The van der Waals surface area contributed by atoms with Crippen LogP contribution < -0.4 is 0 Å². The molecule has 81 valence electrons. The van der Waals surface area contributed by atoms with Crippen molar-refractivity contribution >= 4 is 0 Å². The van der Waals surface area contributed by atoms with E-state index in [-0.39, 0.29) is 0 Å². The van der Waals surface area contributed by atoms with E-state index in [1.807, 2.05) is 67.6 Å². The van der Waals surface area contributed by atoms with Crippen molar-refractivity contribution in [2.24, 2.45) is 0 Å². The highest BCUT2D eigenvalue weighted by Gasteiger charge is 2.28. The van der Waals surface area contributed by atoms with Crippen LogP contribution in [-0.2, 0) is 5.41 Å². The zero-order valence-electron chi connectivity index (χ0n) is 9.30. The van der Waals surface area contributed by atoms with E-state index in [0.29, 0.717) is 0 Å². The fourth-order valence-electron chi connectivity index (χ4n) is 1.88. The minimum Gasteiger partial charge on any atom is -0.389 e. The summed E-state index contributed by atoms with van der Waals surface area (Å²) >= 11 is 0. The second kappa shape index (κ2) is 4.50. The van der Waals surface area contributed by atoms with Crippen LogP contribution in [0.5, 0.6) is 0 Å². The summed E-state index contributed by atoms with van der Waals surface area (Å²) in [5, 5.41) is 9.57. The molecule has 0 fully saturated rings. The Morgan fingerprint density at radius 1 is 0.812 bits per heavy atom. The number of aliphatic hydroxyl groups excluding tert-OH is 1. The third-order valence-electron chi connectivity index (χ3n) is 3.01. The Morgan fingerprint density at radius 2 is 1.19 bits per heavy atom. The summed E-state index contributed by atoms with van der Waals surface area (Å²) in [7, 11) is 0. The van der Waals surface area contributed by atoms with Gasteiger partial charge in [-0.1, -0.05) is 60.7 Å². The summed E-state index contributed by atoms with van der Waals surface area (Å²) in [5.41, 5.74) is 1.73. The summed E-state index contributed by atoms with van der Waals surface area (Å²) in [5.74, 6) is 0. The predicted octanol–water partition coefficient (Wildman–Crippen LogP) is 3.53. The third kappa shape index (κ3) is 1.86. The molecule has 0 heterocycles. The van der Waals surface area contributed by atoms with Gasteiger partial charge in [0.25, 0.3) is 0 Å². The highest BCUT2D eigenvalue weighted by atomic mass is 16.3. The fraction of sp³-hybridized carbons (Fsp3) is 0.133. The van der Waals surface area contributed by atoms with Gasteiger partial charge in [-0.3, -0.25) is 0 Å². The summed E-state index contributed by atoms with van der Waals surface area (Å²) in [4.78, 5) is 0. The van der Waals surface area contributed by atoms with E-state index in [1.54, 1.807) is 0 Å². The lowest BCUT2D eigenvalue weighted by atomic mass is 9.77. The van der Waals surface area contributed by atoms with Crippen LogP contribution in [0.2, 0.25) is 0 Å². The molecule has 0 saturated carbocycles. The average Bonchev–Trinajstić information content (AvgIpc) is 2.40. The van der Waals surface area contributed by atoms with E-state index >= 15 is 0 Å². The molecule has 2 aromatic carbocycles. The van der Waals surface area contributed by atoms with Gasteiger partial charge in [0, 0.05) is 5.41 Å². The summed E-state index contributed by atoms with van der Waals surface area (Å²) < 4.78 is 0. The maximum atomic E-state index is 9.57. The van der Waals surface area contributed by atoms with Gasteiger partial charge >= 0.3 is 0 Å². The van der Waals surface area contributed by atoms with E-state index in [1.165, 1.54) is 6.61 Å². The molecule has 0 aliphatic heterocycles. The lowest BCUT2D eigenvalue weighted by Gasteiger charge is -2.28. The number of rotatable bonds is 3. The van der Waals surface area contributed by atoms with Gasteiger partial charge in [0.15, 0.2) is 0 Å². The first-order valence-corrected chi connectivity index (χ1v) is 5.37. The molecule has 1 heteroatoms. The number of hydrogen-bond donors (Lipinski definition) is 1. The maximum absolute atomic E-state index is 9.57. The highest BCUT2D eigenvalue weighted by molar-refractivity contribution is 5.40. The van der Waals surface area contributed by atoms with Gasteiger partial charge in [-0.15, -0.1) is 0 Å². The van der Waals surface area contributed by atoms with Gasteiger partial charge in [0.2, 0.25) is 0 Å². The van der Waals surface area contributed by atoms with Gasteiger partial charge in [0.1, 0.15) is 0 Å². The monoisotopic (exact) mass is 211 g/mol. The Morgan fingerprint density at radius 3 is 1.50 bits per heavy atom. The largest absolute Gasteiger partial charge is 0.389 e. The van der Waals surface area contributed by atoms with Gasteiger partial charge < -0.3 is 5.11 Å². The highest BCUT2D eigenvalue weighted by Crippen LogP contribution is 2.33. The lowest BCUT2D eigenvalue weighted by Crippen LogP contribution is -2.24. The molecule has 0 aliphatic carbocycles. The molecule has 16 heavy (non-hydrogen) atoms. The molecule has 1 radical (unpaired) electrons. The Kier molecular flexibility index (Phi) is 3.07. The van der Waals surface area contributed by atoms with Crippen molar-refractivity contribution in [1.82, 2.24) is 0 Å². The molecule has 0 aliphatic rings. The van der Waals surface area contributed by atoms with Crippen LogP contribution in [0.15, 0.2) is 60.7 Å². The first-order chi connectivity index (χ1) is 7.77. The molecule has 0 amide bonds. The van der Waals surface area contributed by atoms with E-state index < -0.39 is 5.41 Å². The van der Waals surface area contributed by atoms with Gasteiger partial charge in [-0.2, -0.15) is 0 Å². The van der Waals surface area contributed by atoms with Crippen molar-refractivity contribution in [3.8, 4) is 0 Å². The zero-order chi connectivity index (χ0) is 11.4. The van der Waals surface area contributed by atoms with Crippen molar-refractivity contribution in [3.63, 3.8) is 0 Å². The van der Waals surface area contributed by atoms with Crippen LogP contribution in [0, 0.1) is 6.61 Å². The van der Waals surface area contributed by atoms with Gasteiger partial charge in [0.05, 0.1) is 6.61 Å². The van der Waals surface area contributed by atoms with Crippen LogP contribution >= 0.6 is 0 Å². The Labute approximate surface area is 96.4 Å². The molecular formula is C15H15O. The topological polar surface area (TPSA) is 20.2 Å². The van der Waals surface area contributed by atoms with Crippen molar-refractivity contribution < 1.29 is 5.11 Å². The Balaban J connectivity index is 2.49. The number of hydrogen-bond acceptors (Lipinski definition) is 1. The second-order valence-electron chi connectivity index (χ2n) is 4.06. The third-order valence-corrected chi connectivity index (χ3v) is 3.01. The average molecular weight is 211 g/mol. The van der Waals surface area contributed by atoms with E-state index in [0.717, 1.165) is 11.1 Å². The first-order valence-electron chi connectivity index (χ1n) is 5.37. The molecule has 1 N–H and O–H groups in total. The van der Waals surface area contributed by atoms with E-state index in [4.69, 9.17) is 0 Å². The van der Waals surface area contributed by atoms with Crippen LogP contribution in [0.1, 0.15) is 18.1 Å². The molecule has 0 spiro atoms. The van der Waals surface area contributed by atoms with Crippen molar-refractivity contribution in [2.75, 3.05) is 0 Å². The smallest absolute Gasteiger partial charge is 0.0945 e. The summed E-state index contributed by atoms with van der Waals surface area (Å²) in [6, 6.07) is 20.0. The molecule has 2 rings (SSSR count). The van der Waals surface area contributed by atoms with E-state index in [9.17, 15) is 5.11 Å². The summed E-state index contributed by atoms with van der Waals surface area (Å²) in [6.07, 6.45) is 0. The predicted molar refractivity (Wildman–Crippen MR) is 65.6 cm³/mol. The first kappa shape index (κ1) is 10.9. The molecule has 0 saturated heterocycles. The maximum Gasteiger partial charge on any atom is 0.0945 e. The Hall–Kier alpha value is -1.60. The van der Waals surface area contributed by atoms with Crippen LogP contribution in [0.3, 0.4) is 0 Å². The normalized spacial score (nSPS) is 11.4. The van der Waals surface area contributed by atoms with Gasteiger partial charge in [-0.05, 0) is 18.1 Å². The molecule has 0 bridgehead atoms. The van der Waals surface area contributed by atoms with Crippen molar-refractivity contribution in [2.45, 2.75) is 12.3 Å². The van der Waals surface area contributed by atoms with Crippen molar-refractivity contribution in [3.05, 3.63) is 78.4 Å². The summed E-state index contributed by atoms with van der Waals surface area (Å²) in [6.45, 7) is 3.27. The van der Waals surface area contributed by atoms with Crippen LogP contribution in [-0.4, -0.2) is 5.11 Å². The fourth-order valence-corrected chi connectivity index (χ4v) is 1.88. The molecular weight excluding hydrogens is 196 g/mol. The molecule has 1 nitrogen and oxygen atoms in total. The van der Waals surface area contributed by atoms with Crippen LogP contribution in [0.4, 0.5) is 0 Å². The SMILES string of the molecule is CC([CH]O)(c1ccccc1)c1ccccc1.